The molecule has 1 N–H and O–H groups in total. The molecule has 0 heterocycles. The van der Waals surface area contributed by atoms with E-state index in [4.69, 9.17) is 9.47 Å². The maximum atomic E-state index is 12.3. The Balaban J connectivity index is 1.57. The molecule has 0 fully saturated rings. The molecule has 0 aliphatic rings. The van der Waals surface area contributed by atoms with Gasteiger partial charge in [0.25, 0.3) is 5.91 Å². The van der Waals surface area contributed by atoms with Gasteiger partial charge in [-0.3, -0.25) is 4.79 Å². The molecule has 0 aromatic heterocycles. The van der Waals surface area contributed by atoms with Crippen LogP contribution in [-0.4, -0.2) is 24.8 Å². The maximum Gasteiger partial charge on any atom is 0.280 e. The number of nitrogens with one attached hydrogen (secondary N) is 1. The summed E-state index contributed by atoms with van der Waals surface area (Å²) in [7, 11) is 0. The van der Waals surface area contributed by atoms with Crippen molar-refractivity contribution in [2.75, 3.05) is 6.61 Å². The van der Waals surface area contributed by atoms with Crippen LogP contribution in [0.5, 0.6) is 11.5 Å². The van der Waals surface area contributed by atoms with Gasteiger partial charge in [-0.15, -0.1) is 0 Å². The van der Waals surface area contributed by atoms with E-state index in [2.05, 4.69) is 26.5 Å². The van der Waals surface area contributed by atoms with Crippen LogP contribution in [0.3, 0.4) is 0 Å². The Morgan fingerprint density at radius 3 is 2.47 bits per heavy atom. The van der Waals surface area contributed by atoms with Crippen LogP contribution in [0.4, 0.5) is 0 Å². The van der Waals surface area contributed by atoms with Crippen LogP contribution in [0.25, 0.3) is 11.1 Å². The minimum absolute atomic E-state index is 0.341. The summed E-state index contributed by atoms with van der Waals surface area (Å²) in [6.07, 6.45) is 0.855. The highest BCUT2D eigenvalue weighted by Gasteiger charge is 2.14. The van der Waals surface area contributed by atoms with Crippen molar-refractivity contribution in [1.82, 2.24) is 5.43 Å². The molecule has 30 heavy (non-hydrogen) atoms. The molecule has 0 aliphatic carbocycles. The molecule has 154 valence electrons. The molecule has 0 aliphatic heterocycles. The number of ether oxygens (including phenoxy) is 2. The Labute approximate surface area is 184 Å². The van der Waals surface area contributed by atoms with Crippen LogP contribution in [0, 0.1) is 0 Å². The van der Waals surface area contributed by atoms with Gasteiger partial charge in [-0.25, -0.2) is 5.43 Å². The number of nitrogens with zero attached hydrogens (tertiary/aromatic N) is 1. The molecule has 1 atom stereocenters. The van der Waals surface area contributed by atoms with Crippen molar-refractivity contribution in [3.05, 3.63) is 82.8 Å². The van der Waals surface area contributed by atoms with E-state index in [-0.39, 0.29) is 5.91 Å². The number of rotatable bonds is 8. The predicted molar refractivity (Wildman–Crippen MR) is 123 cm³/mol. The second-order valence-corrected chi connectivity index (χ2v) is 7.42. The number of halogens is 1. The van der Waals surface area contributed by atoms with E-state index in [1.54, 1.807) is 13.1 Å². The highest BCUT2D eigenvalue weighted by molar-refractivity contribution is 9.10. The van der Waals surface area contributed by atoms with Gasteiger partial charge in [0.15, 0.2) is 6.10 Å². The van der Waals surface area contributed by atoms with Crippen molar-refractivity contribution in [1.29, 1.82) is 0 Å². The average molecular weight is 467 g/mol. The lowest BCUT2D eigenvalue weighted by Crippen LogP contribution is -2.33. The molecule has 0 radical (unpaired) electrons. The SMILES string of the molecule is CCOc1ccc(Br)cc1/C=N\NC(=O)[C@@H](C)Oc1ccc(-c2ccccc2)cc1. The largest absolute Gasteiger partial charge is 0.493 e. The molecule has 5 nitrogen and oxygen atoms in total. The monoisotopic (exact) mass is 466 g/mol. The van der Waals surface area contributed by atoms with E-state index in [9.17, 15) is 4.79 Å². The summed E-state index contributed by atoms with van der Waals surface area (Å²) in [6.45, 7) is 4.14. The van der Waals surface area contributed by atoms with Crippen LogP contribution < -0.4 is 14.9 Å². The number of carbonyl (C=O) groups is 1. The van der Waals surface area contributed by atoms with Crippen LogP contribution in [0.2, 0.25) is 0 Å². The zero-order chi connectivity index (χ0) is 21.3. The van der Waals surface area contributed by atoms with E-state index >= 15 is 0 Å². The zero-order valence-electron chi connectivity index (χ0n) is 16.8. The lowest BCUT2D eigenvalue weighted by Gasteiger charge is -2.13. The molecule has 1 amide bonds. The second kappa shape index (κ2) is 10.6. The highest BCUT2D eigenvalue weighted by atomic mass is 79.9. The van der Waals surface area contributed by atoms with Crippen LogP contribution in [0.1, 0.15) is 19.4 Å². The minimum Gasteiger partial charge on any atom is -0.493 e. The predicted octanol–water partition coefficient (Wildman–Crippen LogP) is 5.43. The van der Waals surface area contributed by atoms with Gasteiger partial charge in [0.05, 0.1) is 12.8 Å². The Hall–Kier alpha value is -3.12. The summed E-state index contributed by atoms with van der Waals surface area (Å²) in [5, 5.41) is 4.04. The number of amides is 1. The molecule has 3 aromatic rings. The van der Waals surface area contributed by atoms with Gasteiger partial charge >= 0.3 is 0 Å². The fourth-order valence-corrected chi connectivity index (χ4v) is 3.16. The van der Waals surface area contributed by atoms with Crippen molar-refractivity contribution in [2.24, 2.45) is 5.10 Å². The maximum absolute atomic E-state index is 12.3. The second-order valence-electron chi connectivity index (χ2n) is 6.50. The molecule has 0 unspecified atom stereocenters. The molecule has 3 rings (SSSR count). The fourth-order valence-electron chi connectivity index (χ4n) is 2.78. The summed E-state index contributed by atoms with van der Waals surface area (Å²) in [5.41, 5.74) is 5.49. The molecular formula is C24H23BrN2O3. The number of carbonyl (C=O) groups excluding carboxylic acids is 1. The van der Waals surface area contributed by atoms with Crippen LogP contribution in [0.15, 0.2) is 82.4 Å². The van der Waals surface area contributed by atoms with E-state index in [1.165, 1.54) is 0 Å². The molecule has 6 heteroatoms. The summed E-state index contributed by atoms with van der Waals surface area (Å²) in [6, 6.07) is 23.3. The molecule has 0 saturated carbocycles. The smallest absolute Gasteiger partial charge is 0.280 e. The third kappa shape index (κ3) is 5.94. The quantitative estimate of drug-likeness (QED) is 0.355. The summed E-state index contributed by atoms with van der Waals surface area (Å²) < 4.78 is 12.2. The van der Waals surface area contributed by atoms with Crippen LogP contribution >= 0.6 is 15.9 Å². The third-order valence-corrected chi connectivity index (χ3v) is 4.79. The molecule has 0 bridgehead atoms. The normalized spacial score (nSPS) is 11.8. The van der Waals surface area contributed by atoms with Gasteiger partial charge in [0.2, 0.25) is 0 Å². The Morgan fingerprint density at radius 2 is 1.77 bits per heavy atom. The lowest BCUT2D eigenvalue weighted by molar-refractivity contribution is -0.127. The van der Waals surface area contributed by atoms with Crippen molar-refractivity contribution < 1.29 is 14.3 Å². The first-order valence-corrected chi connectivity index (χ1v) is 10.4. The highest BCUT2D eigenvalue weighted by Crippen LogP contribution is 2.23. The minimum atomic E-state index is -0.696. The van der Waals surface area contributed by atoms with Gasteiger partial charge in [0.1, 0.15) is 11.5 Å². The summed E-state index contributed by atoms with van der Waals surface area (Å²) in [4.78, 5) is 12.3. The topological polar surface area (TPSA) is 59.9 Å². The number of benzene rings is 3. The first-order chi connectivity index (χ1) is 14.6. The first kappa shape index (κ1) is 21.6. The van der Waals surface area contributed by atoms with Crippen molar-refractivity contribution in [3.8, 4) is 22.6 Å². The summed E-state index contributed by atoms with van der Waals surface area (Å²) >= 11 is 3.42. The molecule has 0 spiro atoms. The van der Waals surface area contributed by atoms with Crippen molar-refractivity contribution in [2.45, 2.75) is 20.0 Å². The first-order valence-electron chi connectivity index (χ1n) is 9.64. The number of hydrogen-bond acceptors (Lipinski definition) is 4. The summed E-state index contributed by atoms with van der Waals surface area (Å²) in [5.74, 6) is 0.972. The third-order valence-electron chi connectivity index (χ3n) is 4.29. The van der Waals surface area contributed by atoms with E-state index in [0.29, 0.717) is 18.1 Å². The Bertz CT molecular complexity index is 1000. The van der Waals surface area contributed by atoms with Gasteiger partial charge in [-0.2, -0.15) is 5.10 Å². The van der Waals surface area contributed by atoms with Gasteiger partial charge < -0.3 is 9.47 Å². The number of hydrogen-bond donors (Lipinski definition) is 1. The van der Waals surface area contributed by atoms with Crippen molar-refractivity contribution >= 4 is 28.1 Å². The lowest BCUT2D eigenvalue weighted by atomic mass is 10.1. The molecular weight excluding hydrogens is 444 g/mol. The van der Waals surface area contributed by atoms with Crippen LogP contribution in [-0.2, 0) is 4.79 Å². The fraction of sp³-hybridized carbons (Fsp3) is 0.167. The Morgan fingerprint density at radius 1 is 1.07 bits per heavy atom. The van der Waals surface area contributed by atoms with E-state index < -0.39 is 6.10 Å². The standard InChI is InChI=1S/C24H23BrN2O3/c1-3-29-23-14-11-21(25)15-20(23)16-26-27-24(28)17(2)30-22-12-9-19(10-13-22)18-7-5-4-6-8-18/h4-17H,3H2,1-2H3,(H,27,28)/b26-16-/t17-/m1/s1. The molecule has 3 aromatic carbocycles. The van der Waals surface area contributed by atoms with E-state index in [0.717, 1.165) is 21.2 Å². The van der Waals surface area contributed by atoms with E-state index in [1.807, 2.05) is 79.7 Å². The number of hydrazone groups is 1. The molecule has 0 saturated heterocycles. The van der Waals surface area contributed by atoms with Crippen molar-refractivity contribution in [3.63, 3.8) is 0 Å². The van der Waals surface area contributed by atoms with Gasteiger partial charge in [-0.05, 0) is 55.3 Å². The Kier molecular flexibility index (Phi) is 7.63. The average Bonchev–Trinajstić information content (AvgIpc) is 2.76. The zero-order valence-corrected chi connectivity index (χ0v) is 18.4. The van der Waals surface area contributed by atoms with Gasteiger partial charge in [-0.1, -0.05) is 58.4 Å². The van der Waals surface area contributed by atoms with Gasteiger partial charge in [0, 0.05) is 10.0 Å².